The molecule has 0 heterocycles. The minimum absolute atomic E-state index is 0.870. The molecule has 1 aliphatic carbocycles. The van der Waals surface area contributed by atoms with Crippen LogP contribution >= 0.6 is 12.2 Å². The Morgan fingerprint density at radius 3 is 2.45 bits per heavy atom. The first-order chi connectivity index (χ1) is 5.29. The fraction of sp³-hybridized carbons (Fsp3) is 0.100. The minimum Gasteiger partial charge on any atom is -0.0948 e. The van der Waals surface area contributed by atoms with Crippen molar-refractivity contribution < 1.29 is 0 Å². The van der Waals surface area contributed by atoms with Gasteiger partial charge in [-0.2, -0.15) is 0 Å². The van der Waals surface area contributed by atoms with Crippen molar-refractivity contribution in [3.8, 4) is 0 Å². The van der Waals surface area contributed by atoms with Crippen LogP contribution < -0.4 is 0 Å². The van der Waals surface area contributed by atoms with Gasteiger partial charge in [0.05, 0.1) is 0 Å². The maximum absolute atomic E-state index is 5.19. The highest BCUT2D eigenvalue weighted by Gasteiger charge is 2.17. The monoisotopic (exact) mass is 160 g/mol. The van der Waals surface area contributed by atoms with Crippen LogP contribution in [0.25, 0.3) is 5.57 Å². The zero-order valence-electron chi connectivity index (χ0n) is 6.13. The van der Waals surface area contributed by atoms with Gasteiger partial charge >= 0.3 is 0 Å². The molecule has 11 heavy (non-hydrogen) atoms. The van der Waals surface area contributed by atoms with Crippen LogP contribution in [0.5, 0.6) is 0 Å². The molecule has 0 spiro atoms. The van der Waals surface area contributed by atoms with Crippen LogP contribution in [0.4, 0.5) is 0 Å². The molecule has 0 fully saturated rings. The number of hydrogen-bond acceptors (Lipinski definition) is 1. The Morgan fingerprint density at radius 2 is 1.82 bits per heavy atom. The highest BCUT2D eigenvalue weighted by Crippen LogP contribution is 2.30. The van der Waals surface area contributed by atoms with Crippen molar-refractivity contribution in [3.63, 3.8) is 0 Å². The van der Waals surface area contributed by atoms with E-state index < -0.39 is 0 Å². The number of hydrogen-bond donors (Lipinski definition) is 0. The number of fused-ring (bicyclic) bond motifs is 1. The van der Waals surface area contributed by atoms with Crippen molar-refractivity contribution >= 4 is 22.7 Å². The molecule has 0 bridgehead atoms. The predicted octanol–water partition coefficient (Wildman–Crippen LogP) is 2.82. The molecule has 1 aromatic rings. The number of rotatable bonds is 0. The molecular formula is C10H8S. The van der Waals surface area contributed by atoms with Crippen molar-refractivity contribution in [1.82, 2.24) is 0 Å². The van der Waals surface area contributed by atoms with Gasteiger partial charge in [0.1, 0.15) is 0 Å². The average Bonchev–Trinajstić information content (AvgIpc) is 2.30. The number of allylic oxidation sites excluding steroid dienone is 1. The maximum Gasteiger partial charge on any atom is 0.0274 e. The van der Waals surface area contributed by atoms with Gasteiger partial charge < -0.3 is 0 Å². The van der Waals surface area contributed by atoms with Crippen molar-refractivity contribution in [2.24, 2.45) is 0 Å². The summed E-state index contributed by atoms with van der Waals surface area (Å²) in [5.41, 5.74) is 3.59. The largest absolute Gasteiger partial charge is 0.0948 e. The van der Waals surface area contributed by atoms with Crippen LogP contribution in [-0.2, 0) is 0 Å². The lowest BCUT2D eigenvalue weighted by atomic mass is 10.1. The summed E-state index contributed by atoms with van der Waals surface area (Å²) in [5, 5.41) is 0. The lowest BCUT2D eigenvalue weighted by Crippen LogP contribution is -1.86. The molecule has 54 valence electrons. The second-order valence-electron chi connectivity index (χ2n) is 2.75. The van der Waals surface area contributed by atoms with Gasteiger partial charge in [0.15, 0.2) is 0 Å². The highest BCUT2D eigenvalue weighted by molar-refractivity contribution is 7.81. The van der Waals surface area contributed by atoms with E-state index in [1.54, 1.807) is 0 Å². The summed E-state index contributed by atoms with van der Waals surface area (Å²) in [5.74, 6) is 0. The quantitative estimate of drug-likeness (QED) is 0.526. The number of benzene rings is 1. The summed E-state index contributed by atoms with van der Waals surface area (Å²) in [4.78, 5) is 1.03. The molecule has 2 rings (SSSR count). The number of thiocarbonyl (C=S) groups is 1. The van der Waals surface area contributed by atoms with Crippen LogP contribution in [-0.4, -0.2) is 4.86 Å². The van der Waals surface area contributed by atoms with E-state index in [0.29, 0.717) is 0 Å². The van der Waals surface area contributed by atoms with Crippen LogP contribution in [0.2, 0.25) is 0 Å². The first-order valence-corrected chi connectivity index (χ1v) is 4.00. The van der Waals surface area contributed by atoms with Crippen LogP contribution in [0.15, 0.2) is 30.8 Å². The molecule has 1 aliphatic rings. The molecule has 0 nitrogen and oxygen atoms in total. The van der Waals surface area contributed by atoms with Gasteiger partial charge in [0, 0.05) is 11.3 Å². The van der Waals surface area contributed by atoms with E-state index in [1.165, 1.54) is 11.1 Å². The van der Waals surface area contributed by atoms with E-state index in [2.05, 4.69) is 18.7 Å². The molecule has 0 N–H and O–H groups in total. The normalized spacial score (nSPS) is 15.3. The molecule has 0 amide bonds. The summed E-state index contributed by atoms with van der Waals surface area (Å²) < 4.78 is 0. The van der Waals surface area contributed by atoms with Gasteiger partial charge in [-0.05, 0) is 16.7 Å². The van der Waals surface area contributed by atoms with Gasteiger partial charge in [0.25, 0.3) is 0 Å². The first-order valence-electron chi connectivity index (χ1n) is 3.59. The van der Waals surface area contributed by atoms with Crippen molar-refractivity contribution in [2.75, 3.05) is 0 Å². The lowest BCUT2D eigenvalue weighted by Gasteiger charge is -1.95. The standard InChI is InChI=1S/C10H8S/c1-7-6-10(11)9-5-3-2-4-8(7)9/h2-5H,1,6H2. The molecule has 0 aliphatic heterocycles. The summed E-state index contributed by atoms with van der Waals surface area (Å²) >= 11 is 5.19. The van der Waals surface area contributed by atoms with Gasteiger partial charge in [-0.25, -0.2) is 0 Å². The molecule has 0 aromatic heterocycles. The van der Waals surface area contributed by atoms with Gasteiger partial charge in [0.2, 0.25) is 0 Å². The third-order valence-corrected chi connectivity index (χ3v) is 2.35. The molecule has 0 atom stereocenters. The van der Waals surface area contributed by atoms with Crippen LogP contribution in [0, 0.1) is 0 Å². The van der Waals surface area contributed by atoms with E-state index in [-0.39, 0.29) is 0 Å². The molecule has 0 unspecified atom stereocenters. The zero-order valence-corrected chi connectivity index (χ0v) is 6.95. The summed E-state index contributed by atoms with van der Waals surface area (Å²) in [6.45, 7) is 3.96. The Bertz CT molecular complexity index is 303. The Labute approximate surface area is 71.6 Å². The molecule has 1 aromatic carbocycles. The fourth-order valence-electron chi connectivity index (χ4n) is 1.42. The third kappa shape index (κ3) is 0.925. The first kappa shape index (κ1) is 6.74. The zero-order chi connectivity index (χ0) is 7.84. The Kier molecular flexibility index (Phi) is 1.40. The second-order valence-corrected chi connectivity index (χ2v) is 3.24. The highest BCUT2D eigenvalue weighted by atomic mass is 32.1. The SMILES string of the molecule is C=C1CC(=S)c2ccccc21. The summed E-state index contributed by atoms with van der Waals surface area (Å²) in [6.07, 6.45) is 0.870. The van der Waals surface area contributed by atoms with E-state index in [4.69, 9.17) is 12.2 Å². The fourth-order valence-corrected chi connectivity index (χ4v) is 1.77. The second kappa shape index (κ2) is 2.28. The van der Waals surface area contributed by atoms with Crippen molar-refractivity contribution in [1.29, 1.82) is 0 Å². The molecule has 0 radical (unpaired) electrons. The Hall–Kier alpha value is -0.950. The Morgan fingerprint density at radius 1 is 1.18 bits per heavy atom. The van der Waals surface area contributed by atoms with E-state index in [1.807, 2.05) is 12.1 Å². The smallest absolute Gasteiger partial charge is 0.0274 e. The molecule has 0 saturated carbocycles. The Balaban J connectivity index is 2.69. The lowest BCUT2D eigenvalue weighted by molar-refractivity contribution is 1.59. The van der Waals surface area contributed by atoms with Gasteiger partial charge in [-0.15, -0.1) is 0 Å². The van der Waals surface area contributed by atoms with E-state index in [0.717, 1.165) is 16.9 Å². The van der Waals surface area contributed by atoms with Gasteiger partial charge in [-0.3, -0.25) is 0 Å². The van der Waals surface area contributed by atoms with E-state index >= 15 is 0 Å². The van der Waals surface area contributed by atoms with Crippen LogP contribution in [0.3, 0.4) is 0 Å². The maximum atomic E-state index is 5.19. The van der Waals surface area contributed by atoms with Gasteiger partial charge in [-0.1, -0.05) is 43.1 Å². The summed E-state index contributed by atoms with van der Waals surface area (Å²) in [6, 6.07) is 8.19. The molecular weight excluding hydrogens is 152 g/mol. The van der Waals surface area contributed by atoms with Crippen molar-refractivity contribution in [3.05, 3.63) is 42.0 Å². The minimum atomic E-state index is 0.870. The molecule has 0 saturated heterocycles. The van der Waals surface area contributed by atoms with E-state index in [9.17, 15) is 0 Å². The topological polar surface area (TPSA) is 0 Å². The average molecular weight is 160 g/mol. The van der Waals surface area contributed by atoms with Crippen LogP contribution in [0.1, 0.15) is 17.5 Å². The molecule has 1 heteroatoms. The third-order valence-electron chi connectivity index (χ3n) is 1.98. The summed E-state index contributed by atoms with van der Waals surface area (Å²) in [7, 11) is 0. The van der Waals surface area contributed by atoms with Crippen molar-refractivity contribution in [2.45, 2.75) is 6.42 Å². The predicted molar refractivity (Wildman–Crippen MR) is 51.8 cm³/mol.